The first-order valence-corrected chi connectivity index (χ1v) is 5.75. The molecule has 0 amide bonds. The summed E-state index contributed by atoms with van der Waals surface area (Å²) in [7, 11) is 0. The molecule has 0 aliphatic heterocycles. The molecule has 0 unspecified atom stereocenters. The second-order valence-corrected chi connectivity index (χ2v) is 3.85. The molecule has 82 valence electrons. The van der Waals surface area contributed by atoms with E-state index < -0.39 is 11.8 Å². The van der Waals surface area contributed by atoms with Gasteiger partial charge in [-0.15, -0.1) is 0 Å². The molecule has 1 rings (SSSR count). The van der Waals surface area contributed by atoms with Gasteiger partial charge in [0.1, 0.15) is 12.4 Å². The van der Waals surface area contributed by atoms with Gasteiger partial charge in [-0.3, -0.25) is 0 Å². The third kappa shape index (κ3) is 3.43. The summed E-state index contributed by atoms with van der Waals surface area (Å²) < 4.78 is 18.0. The highest BCUT2D eigenvalue weighted by molar-refractivity contribution is 7.98. The number of anilines is 1. The van der Waals surface area contributed by atoms with Gasteiger partial charge in [0.25, 0.3) is 0 Å². The monoisotopic (exact) mass is 229 g/mol. The van der Waals surface area contributed by atoms with E-state index >= 15 is 0 Å². The van der Waals surface area contributed by atoms with Crippen molar-refractivity contribution in [3.8, 4) is 0 Å². The second kappa shape index (κ2) is 5.60. The van der Waals surface area contributed by atoms with Crippen molar-refractivity contribution in [2.75, 3.05) is 24.3 Å². The minimum atomic E-state index is -0.672. The van der Waals surface area contributed by atoms with Crippen LogP contribution in [0, 0.1) is 5.82 Å². The fourth-order valence-corrected chi connectivity index (χ4v) is 1.24. The van der Waals surface area contributed by atoms with E-state index in [1.54, 1.807) is 11.8 Å². The zero-order valence-corrected chi connectivity index (χ0v) is 9.14. The van der Waals surface area contributed by atoms with Crippen LogP contribution in [-0.4, -0.2) is 24.6 Å². The van der Waals surface area contributed by atoms with Gasteiger partial charge in [-0.05, 0) is 24.5 Å². The Kier molecular flexibility index (Phi) is 4.42. The van der Waals surface area contributed by atoms with Crippen LogP contribution in [0.4, 0.5) is 10.1 Å². The Morgan fingerprint density at radius 1 is 1.60 bits per heavy atom. The van der Waals surface area contributed by atoms with E-state index in [4.69, 9.17) is 10.5 Å². The molecule has 3 nitrogen and oxygen atoms in total. The first-order chi connectivity index (χ1) is 7.15. The number of ether oxygens (including phenoxy) is 1. The minimum Gasteiger partial charge on any atom is -0.461 e. The predicted octanol–water partition coefficient (Wildman–Crippen LogP) is 1.93. The number of hydrogen-bond donors (Lipinski definition) is 1. The zero-order chi connectivity index (χ0) is 11.3. The maximum Gasteiger partial charge on any atom is 0.341 e. The molecule has 1 aromatic carbocycles. The first kappa shape index (κ1) is 11.8. The molecule has 0 saturated heterocycles. The van der Waals surface area contributed by atoms with E-state index in [0.717, 1.165) is 6.07 Å². The fraction of sp³-hybridized carbons (Fsp3) is 0.300. The van der Waals surface area contributed by atoms with Crippen molar-refractivity contribution >= 4 is 23.4 Å². The summed E-state index contributed by atoms with van der Waals surface area (Å²) >= 11 is 1.55. The molecule has 0 bridgehead atoms. The van der Waals surface area contributed by atoms with E-state index in [0.29, 0.717) is 11.4 Å². The molecule has 15 heavy (non-hydrogen) atoms. The average molecular weight is 229 g/mol. The van der Waals surface area contributed by atoms with Crippen LogP contribution in [0.15, 0.2) is 18.2 Å². The van der Waals surface area contributed by atoms with Gasteiger partial charge in [-0.2, -0.15) is 11.8 Å². The number of benzene rings is 1. The molecule has 0 spiro atoms. The van der Waals surface area contributed by atoms with Gasteiger partial charge in [-0.25, -0.2) is 9.18 Å². The van der Waals surface area contributed by atoms with Crippen LogP contribution in [0.5, 0.6) is 0 Å². The molecule has 0 atom stereocenters. The summed E-state index contributed by atoms with van der Waals surface area (Å²) in [5.41, 5.74) is 5.67. The van der Waals surface area contributed by atoms with Gasteiger partial charge in [0.05, 0.1) is 5.56 Å². The quantitative estimate of drug-likeness (QED) is 0.487. The molecule has 1 aromatic rings. The molecule has 0 aromatic heterocycles. The number of esters is 1. The van der Waals surface area contributed by atoms with Crippen LogP contribution in [-0.2, 0) is 4.74 Å². The number of rotatable bonds is 4. The molecule has 5 heteroatoms. The Labute approximate surface area is 91.8 Å². The molecule has 0 heterocycles. The summed E-state index contributed by atoms with van der Waals surface area (Å²) in [6.07, 6.45) is 1.90. The third-order valence-corrected chi connectivity index (χ3v) is 2.31. The maximum absolute atomic E-state index is 13.2. The highest BCUT2D eigenvalue weighted by Crippen LogP contribution is 2.13. The summed E-state index contributed by atoms with van der Waals surface area (Å²) in [4.78, 5) is 11.4. The Balaban J connectivity index is 2.68. The van der Waals surface area contributed by atoms with Crippen molar-refractivity contribution in [2.45, 2.75) is 0 Å². The molecular formula is C10H12FNO2S. The molecule has 0 saturated carbocycles. The number of carbonyl (C=O) groups excluding carboxylic acids is 1. The number of nitrogens with two attached hydrogens (primary N) is 1. The summed E-state index contributed by atoms with van der Waals surface area (Å²) in [5, 5.41) is 0. The third-order valence-electron chi connectivity index (χ3n) is 1.73. The van der Waals surface area contributed by atoms with Gasteiger partial charge < -0.3 is 10.5 Å². The fourth-order valence-electron chi connectivity index (χ4n) is 0.995. The van der Waals surface area contributed by atoms with Crippen molar-refractivity contribution in [1.29, 1.82) is 0 Å². The van der Waals surface area contributed by atoms with Crippen LogP contribution < -0.4 is 5.73 Å². The van der Waals surface area contributed by atoms with Crippen LogP contribution in [0.2, 0.25) is 0 Å². The summed E-state index contributed by atoms with van der Waals surface area (Å²) in [5.74, 6) is -0.595. The highest BCUT2D eigenvalue weighted by Gasteiger charge is 2.12. The Hall–Kier alpha value is -1.23. The minimum absolute atomic E-state index is 0.115. The van der Waals surface area contributed by atoms with Crippen molar-refractivity contribution in [1.82, 2.24) is 0 Å². The van der Waals surface area contributed by atoms with Crippen molar-refractivity contribution in [3.63, 3.8) is 0 Å². The summed E-state index contributed by atoms with van der Waals surface area (Å²) in [6.45, 7) is 0.272. The highest BCUT2D eigenvalue weighted by atomic mass is 32.2. The first-order valence-electron chi connectivity index (χ1n) is 4.36. The average Bonchev–Trinajstić information content (AvgIpc) is 2.22. The van der Waals surface area contributed by atoms with Gasteiger partial charge in [0, 0.05) is 11.4 Å². The molecule has 0 fully saturated rings. The normalized spacial score (nSPS) is 10.0. The molecule has 2 N–H and O–H groups in total. The lowest BCUT2D eigenvalue weighted by Gasteiger charge is -2.05. The molecule has 0 aliphatic rings. The van der Waals surface area contributed by atoms with Gasteiger partial charge >= 0.3 is 5.97 Å². The number of carbonyl (C=O) groups is 1. The van der Waals surface area contributed by atoms with Crippen molar-refractivity contribution in [3.05, 3.63) is 29.6 Å². The standard InChI is InChI=1S/C10H12FNO2S/c1-15-5-4-14-10(13)8-6-7(12)2-3-9(8)11/h2-3,6H,4-5,12H2,1H3. The number of hydrogen-bond acceptors (Lipinski definition) is 4. The number of halogens is 1. The largest absolute Gasteiger partial charge is 0.461 e. The van der Waals surface area contributed by atoms with Crippen LogP contribution >= 0.6 is 11.8 Å². The molecular weight excluding hydrogens is 217 g/mol. The van der Waals surface area contributed by atoms with Crippen molar-refractivity contribution < 1.29 is 13.9 Å². The Bertz CT molecular complexity index is 357. The lowest BCUT2D eigenvalue weighted by molar-refractivity contribution is 0.0525. The second-order valence-electron chi connectivity index (χ2n) is 2.87. The van der Waals surface area contributed by atoms with Crippen LogP contribution in [0.1, 0.15) is 10.4 Å². The molecule has 0 radical (unpaired) electrons. The van der Waals surface area contributed by atoms with E-state index in [-0.39, 0.29) is 12.2 Å². The summed E-state index contributed by atoms with van der Waals surface area (Å²) in [6, 6.07) is 3.82. The van der Waals surface area contributed by atoms with Crippen LogP contribution in [0.3, 0.4) is 0 Å². The van der Waals surface area contributed by atoms with E-state index in [9.17, 15) is 9.18 Å². The van der Waals surface area contributed by atoms with Gasteiger partial charge in [-0.1, -0.05) is 0 Å². The van der Waals surface area contributed by atoms with E-state index in [1.165, 1.54) is 12.1 Å². The zero-order valence-electron chi connectivity index (χ0n) is 8.33. The number of thioether (sulfide) groups is 1. The lowest BCUT2D eigenvalue weighted by atomic mass is 10.2. The Morgan fingerprint density at radius 2 is 2.33 bits per heavy atom. The van der Waals surface area contributed by atoms with E-state index in [2.05, 4.69) is 0 Å². The lowest BCUT2D eigenvalue weighted by Crippen LogP contribution is -2.10. The van der Waals surface area contributed by atoms with Gasteiger partial charge in [0.2, 0.25) is 0 Å². The molecule has 0 aliphatic carbocycles. The van der Waals surface area contributed by atoms with Crippen molar-refractivity contribution in [2.24, 2.45) is 0 Å². The topological polar surface area (TPSA) is 52.3 Å². The maximum atomic E-state index is 13.2. The van der Waals surface area contributed by atoms with Gasteiger partial charge in [0.15, 0.2) is 0 Å². The predicted molar refractivity (Wildman–Crippen MR) is 59.5 cm³/mol. The Morgan fingerprint density at radius 3 is 3.00 bits per heavy atom. The SMILES string of the molecule is CSCCOC(=O)c1cc(N)ccc1F. The number of nitrogen functional groups attached to an aromatic ring is 1. The van der Waals surface area contributed by atoms with E-state index in [1.807, 2.05) is 6.26 Å². The smallest absolute Gasteiger partial charge is 0.341 e. The van der Waals surface area contributed by atoms with Crippen LogP contribution in [0.25, 0.3) is 0 Å².